The van der Waals surface area contributed by atoms with E-state index in [1.165, 1.54) is 18.3 Å². The lowest BCUT2D eigenvalue weighted by molar-refractivity contribution is -0.384. The van der Waals surface area contributed by atoms with Gasteiger partial charge in [0.1, 0.15) is 17.3 Å². The highest BCUT2D eigenvalue weighted by Gasteiger charge is 2.13. The first-order valence-electron chi connectivity index (χ1n) is 8.00. The lowest BCUT2D eigenvalue weighted by atomic mass is 10.1. The van der Waals surface area contributed by atoms with Gasteiger partial charge in [0.15, 0.2) is 0 Å². The van der Waals surface area contributed by atoms with Gasteiger partial charge in [-0.15, -0.1) is 0 Å². The Morgan fingerprint density at radius 1 is 1.26 bits per heavy atom. The average Bonchev–Trinajstić information content (AvgIpc) is 3.14. The van der Waals surface area contributed by atoms with Gasteiger partial charge in [-0.1, -0.05) is 29.8 Å². The highest BCUT2D eigenvalue weighted by atomic mass is 35.5. The fourth-order valence-electron chi connectivity index (χ4n) is 2.47. The SMILES string of the molecule is COc1ccccc1CN/N=C/c1ccc(-c2ccc([N+](=O)[O-])cc2Cl)o1. The number of hydrazone groups is 1. The zero-order valence-electron chi connectivity index (χ0n) is 14.4. The lowest BCUT2D eigenvalue weighted by Crippen LogP contribution is -2.06. The Balaban J connectivity index is 1.66. The van der Waals surface area contributed by atoms with Gasteiger partial charge in [-0.2, -0.15) is 5.10 Å². The van der Waals surface area contributed by atoms with Crippen molar-refractivity contribution < 1.29 is 14.1 Å². The van der Waals surface area contributed by atoms with Crippen molar-refractivity contribution in [2.45, 2.75) is 6.54 Å². The largest absolute Gasteiger partial charge is 0.496 e. The molecule has 3 rings (SSSR count). The van der Waals surface area contributed by atoms with E-state index in [1.807, 2.05) is 24.3 Å². The van der Waals surface area contributed by atoms with E-state index in [1.54, 1.807) is 25.3 Å². The predicted molar refractivity (Wildman–Crippen MR) is 103 cm³/mol. The van der Waals surface area contributed by atoms with Crippen LogP contribution in [0.5, 0.6) is 5.75 Å². The predicted octanol–water partition coefficient (Wildman–Crippen LogP) is 4.64. The number of nitrogens with one attached hydrogen (secondary N) is 1. The van der Waals surface area contributed by atoms with Gasteiger partial charge in [-0.3, -0.25) is 10.1 Å². The van der Waals surface area contributed by atoms with E-state index in [9.17, 15) is 10.1 Å². The monoisotopic (exact) mass is 385 g/mol. The van der Waals surface area contributed by atoms with Crippen molar-refractivity contribution in [2.24, 2.45) is 5.10 Å². The minimum atomic E-state index is -0.497. The number of para-hydroxylation sites is 1. The van der Waals surface area contributed by atoms with Crippen LogP contribution < -0.4 is 10.2 Å². The Labute approximate surface area is 160 Å². The summed E-state index contributed by atoms with van der Waals surface area (Å²) in [7, 11) is 1.62. The normalized spacial score (nSPS) is 10.9. The van der Waals surface area contributed by atoms with Crippen LogP contribution in [0, 0.1) is 10.1 Å². The standard InChI is InChI=1S/C19H16ClN3O4/c1-26-18-5-3-2-4-13(18)11-21-22-12-15-7-9-19(27-15)16-8-6-14(23(24)25)10-17(16)20/h2-10,12,21H,11H2,1H3/b22-12+. The summed E-state index contributed by atoms with van der Waals surface area (Å²) in [5.41, 5.74) is 4.42. The zero-order chi connectivity index (χ0) is 19.2. The van der Waals surface area contributed by atoms with E-state index < -0.39 is 4.92 Å². The number of ether oxygens (including phenoxy) is 1. The van der Waals surface area contributed by atoms with Crippen molar-refractivity contribution in [1.29, 1.82) is 0 Å². The molecule has 0 unspecified atom stereocenters. The third kappa shape index (κ3) is 4.45. The number of non-ortho nitro benzene ring substituents is 1. The van der Waals surface area contributed by atoms with Crippen LogP contribution in [-0.4, -0.2) is 18.2 Å². The van der Waals surface area contributed by atoms with Crippen LogP contribution in [0.2, 0.25) is 5.02 Å². The summed E-state index contributed by atoms with van der Waals surface area (Å²) < 4.78 is 11.0. The molecule has 3 aromatic rings. The Morgan fingerprint density at radius 2 is 2.07 bits per heavy atom. The Hall–Kier alpha value is -3.32. The molecule has 0 fully saturated rings. The van der Waals surface area contributed by atoms with Crippen molar-refractivity contribution in [1.82, 2.24) is 5.43 Å². The fraction of sp³-hybridized carbons (Fsp3) is 0.105. The highest BCUT2D eigenvalue weighted by Crippen LogP contribution is 2.32. The zero-order valence-corrected chi connectivity index (χ0v) is 15.1. The summed E-state index contributed by atoms with van der Waals surface area (Å²) in [6.07, 6.45) is 1.54. The Kier molecular flexibility index (Phi) is 5.73. The van der Waals surface area contributed by atoms with Crippen LogP contribution in [0.25, 0.3) is 11.3 Å². The number of rotatable bonds is 7. The number of nitro benzene ring substituents is 1. The number of hydrogen-bond acceptors (Lipinski definition) is 6. The molecule has 1 N–H and O–H groups in total. The summed E-state index contributed by atoms with van der Waals surface area (Å²) >= 11 is 6.12. The first-order chi connectivity index (χ1) is 13.1. The third-order valence-electron chi connectivity index (χ3n) is 3.80. The van der Waals surface area contributed by atoms with E-state index >= 15 is 0 Å². The molecule has 2 aromatic carbocycles. The Morgan fingerprint density at radius 3 is 2.81 bits per heavy atom. The molecular formula is C19H16ClN3O4. The summed E-state index contributed by atoms with van der Waals surface area (Å²) in [5, 5.41) is 15.2. The molecule has 7 nitrogen and oxygen atoms in total. The molecule has 0 aliphatic heterocycles. The second-order valence-corrected chi connectivity index (χ2v) is 5.94. The molecule has 138 valence electrons. The molecule has 0 aliphatic rings. The van der Waals surface area contributed by atoms with Gasteiger partial charge in [-0.25, -0.2) is 0 Å². The molecule has 27 heavy (non-hydrogen) atoms. The number of halogens is 1. The average molecular weight is 386 g/mol. The lowest BCUT2D eigenvalue weighted by Gasteiger charge is -2.06. The van der Waals surface area contributed by atoms with E-state index in [2.05, 4.69) is 10.5 Å². The number of hydrogen-bond donors (Lipinski definition) is 1. The minimum Gasteiger partial charge on any atom is -0.496 e. The number of nitrogens with zero attached hydrogens (tertiary/aromatic N) is 2. The quantitative estimate of drug-likeness (QED) is 0.363. The summed E-state index contributed by atoms with van der Waals surface area (Å²) in [5.74, 6) is 1.81. The van der Waals surface area contributed by atoms with Crippen molar-refractivity contribution in [2.75, 3.05) is 7.11 Å². The number of methoxy groups -OCH3 is 1. The molecule has 8 heteroatoms. The van der Waals surface area contributed by atoms with E-state index in [0.29, 0.717) is 23.6 Å². The maximum absolute atomic E-state index is 10.8. The molecule has 0 saturated carbocycles. The highest BCUT2D eigenvalue weighted by molar-refractivity contribution is 6.33. The summed E-state index contributed by atoms with van der Waals surface area (Å²) in [4.78, 5) is 10.3. The number of benzene rings is 2. The van der Waals surface area contributed by atoms with Crippen LogP contribution in [0.15, 0.2) is 64.1 Å². The summed E-state index contributed by atoms with van der Waals surface area (Å²) in [6.45, 7) is 0.502. The number of nitro groups is 1. The van der Waals surface area contributed by atoms with Gasteiger partial charge in [0, 0.05) is 23.3 Å². The van der Waals surface area contributed by atoms with Crippen molar-refractivity contribution >= 4 is 23.5 Å². The Bertz CT molecular complexity index is 985. The van der Waals surface area contributed by atoms with Crippen LogP contribution >= 0.6 is 11.6 Å². The number of furan rings is 1. The van der Waals surface area contributed by atoms with Crippen LogP contribution in [0.3, 0.4) is 0 Å². The van der Waals surface area contributed by atoms with Crippen molar-refractivity contribution in [3.05, 3.63) is 81.1 Å². The van der Waals surface area contributed by atoms with Gasteiger partial charge in [0.25, 0.3) is 5.69 Å². The minimum absolute atomic E-state index is 0.0716. The van der Waals surface area contributed by atoms with Gasteiger partial charge < -0.3 is 14.6 Å². The van der Waals surface area contributed by atoms with Gasteiger partial charge in [0.05, 0.1) is 29.8 Å². The molecular weight excluding hydrogens is 370 g/mol. The maximum Gasteiger partial charge on any atom is 0.270 e. The maximum atomic E-state index is 10.8. The molecule has 0 spiro atoms. The summed E-state index contributed by atoms with van der Waals surface area (Å²) in [6, 6.07) is 15.4. The van der Waals surface area contributed by atoms with E-state index in [4.69, 9.17) is 20.8 Å². The van der Waals surface area contributed by atoms with Crippen molar-refractivity contribution in [3.8, 4) is 17.1 Å². The second kappa shape index (κ2) is 8.37. The molecule has 1 aromatic heterocycles. The first kappa shape index (κ1) is 18.5. The van der Waals surface area contributed by atoms with Crippen molar-refractivity contribution in [3.63, 3.8) is 0 Å². The fourth-order valence-corrected chi connectivity index (χ4v) is 2.74. The van der Waals surface area contributed by atoms with Gasteiger partial charge in [-0.05, 0) is 24.3 Å². The van der Waals surface area contributed by atoms with Crippen LogP contribution in [0.4, 0.5) is 5.69 Å². The van der Waals surface area contributed by atoms with Gasteiger partial charge >= 0.3 is 0 Å². The van der Waals surface area contributed by atoms with Crippen LogP contribution in [-0.2, 0) is 6.54 Å². The molecule has 0 amide bonds. The molecule has 0 aliphatic carbocycles. The molecule has 0 radical (unpaired) electrons. The van der Waals surface area contributed by atoms with E-state index in [0.717, 1.165) is 11.3 Å². The van der Waals surface area contributed by atoms with E-state index in [-0.39, 0.29) is 10.7 Å². The first-order valence-corrected chi connectivity index (χ1v) is 8.38. The second-order valence-electron chi connectivity index (χ2n) is 5.53. The van der Waals surface area contributed by atoms with Gasteiger partial charge in [0.2, 0.25) is 0 Å². The third-order valence-corrected chi connectivity index (χ3v) is 4.11. The topological polar surface area (TPSA) is 89.9 Å². The van der Waals surface area contributed by atoms with Crippen LogP contribution in [0.1, 0.15) is 11.3 Å². The molecule has 0 saturated heterocycles. The molecule has 0 atom stereocenters. The molecule has 1 heterocycles. The molecule has 0 bridgehead atoms. The smallest absolute Gasteiger partial charge is 0.270 e.